The molecule has 29 heavy (non-hydrogen) atoms. The van der Waals surface area contributed by atoms with Crippen molar-refractivity contribution < 1.29 is 32.4 Å². The van der Waals surface area contributed by atoms with Crippen molar-refractivity contribution in [3.8, 4) is 5.75 Å². The topological polar surface area (TPSA) is 103 Å². The normalized spacial score (nSPS) is 11.1. The Hall–Kier alpha value is -3.34. The number of carbonyl (C=O) groups is 1. The highest BCUT2D eigenvalue weighted by Gasteiger charge is 2.31. The Morgan fingerprint density at radius 3 is 2.45 bits per heavy atom. The molecule has 2 rings (SSSR count). The zero-order valence-corrected chi connectivity index (χ0v) is 15.5. The number of nitro groups is 1. The molecule has 2 N–H and O–H groups in total. The Morgan fingerprint density at radius 2 is 1.86 bits per heavy atom. The van der Waals surface area contributed by atoms with Crippen LogP contribution in [0.2, 0.25) is 0 Å². The summed E-state index contributed by atoms with van der Waals surface area (Å²) in [6.45, 7) is 0.229. The molecule has 156 valence electrons. The summed E-state index contributed by atoms with van der Waals surface area (Å²) in [4.78, 5) is 23.0. The number of nitrogens with one attached hydrogen (secondary N) is 2. The van der Waals surface area contributed by atoms with Crippen LogP contribution in [0, 0.1) is 10.1 Å². The summed E-state index contributed by atoms with van der Waals surface area (Å²) in [5.41, 5.74) is -1.40. The highest BCUT2D eigenvalue weighted by molar-refractivity contribution is 6.09. The lowest BCUT2D eigenvalue weighted by Gasteiger charge is -2.16. The number of halogens is 3. The van der Waals surface area contributed by atoms with E-state index in [1.165, 1.54) is 26.3 Å². The van der Waals surface area contributed by atoms with Crippen molar-refractivity contribution in [2.24, 2.45) is 0 Å². The van der Waals surface area contributed by atoms with Gasteiger partial charge in [0.05, 0.1) is 28.3 Å². The molecule has 0 heterocycles. The van der Waals surface area contributed by atoms with E-state index in [9.17, 15) is 28.1 Å². The van der Waals surface area contributed by atoms with Crippen molar-refractivity contribution in [1.29, 1.82) is 0 Å². The maximum Gasteiger partial charge on any atom is 0.416 e. The van der Waals surface area contributed by atoms with Gasteiger partial charge in [-0.25, -0.2) is 0 Å². The highest BCUT2D eigenvalue weighted by Crippen LogP contribution is 2.35. The highest BCUT2D eigenvalue weighted by atomic mass is 19.4. The van der Waals surface area contributed by atoms with Gasteiger partial charge < -0.3 is 20.1 Å². The molecule has 0 unspecified atom stereocenters. The van der Waals surface area contributed by atoms with Crippen molar-refractivity contribution in [3.05, 3.63) is 57.6 Å². The van der Waals surface area contributed by atoms with Crippen LogP contribution in [-0.4, -0.2) is 38.2 Å². The third-order valence-electron chi connectivity index (χ3n) is 3.83. The first-order chi connectivity index (χ1) is 13.7. The monoisotopic (exact) mass is 413 g/mol. The molecule has 0 aliphatic rings. The van der Waals surface area contributed by atoms with Crippen LogP contribution in [0.5, 0.6) is 5.75 Å². The molecular formula is C18H18F3N3O5. The number of benzene rings is 2. The minimum atomic E-state index is -4.63. The fourth-order valence-corrected chi connectivity index (χ4v) is 2.41. The first-order valence-corrected chi connectivity index (χ1v) is 8.28. The van der Waals surface area contributed by atoms with Crippen LogP contribution in [0.15, 0.2) is 36.4 Å². The van der Waals surface area contributed by atoms with Gasteiger partial charge in [-0.05, 0) is 24.3 Å². The number of methoxy groups -OCH3 is 1. The van der Waals surface area contributed by atoms with Crippen LogP contribution in [0.4, 0.5) is 30.2 Å². The van der Waals surface area contributed by atoms with Crippen LogP contribution in [-0.2, 0) is 10.9 Å². The van der Waals surface area contributed by atoms with Gasteiger partial charge in [-0.2, -0.15) is 13.2 Å². The zero-order chi connectivity index (χ0) is 21.6. The molecule has 8 nitrogen and oxygen atoms in total. The molecule has 0 spiro atoms. The van der Waals surface area contributed by atoms with Gasteiger partial charge in [-0.15, -0.1) is 0 Å². The number of non-ortho nitro benzene ring substituents is 1. The molecule has 0 aliphatic heterocycles. The second-order valence-electron chi connectivity index (χ2n) is 5.74. The standard InChI is InChI=1S/C18H18F3N3O5/c1-22-14-5-4-12(24(26)27)10-13(14)17(25)23-15-9-11(18(19,20)21)3-6-16(15)29-8-7-28-2/h3-6,9-10,22H,7-8H2,1-2H3,(H,23,25). The molecule has 0 saturated carbocycles. The van der Waals surface area contributed by atoms with E-state index in [0.717, 1.165) is 24.3 Å². The first kappa shape index (κ1) is 22.0. The molecule has 0 aromatic heterocycles. The summed E-state index contributed by atoms with van der Waals surface area (Å²) in [6.07, 6.45) is -4.63. The molecule has 1 amide bonds. The number of nitro benzene ring substituents is 1. The summed E-state index contributed by atoms with van der Waals surface area (Å²) in [5, 5.41) is 16.0. The van der Waals surface area contributed by atoms with E-state index in [2.05, 4.69) is 10.6 Å². The van der Waals surface area contributed by atoms with Crippen LogP contribution < -0.4 is 15.4 Å². The Labute approximate surface area is 163 Å². The SMILES string of the molecule is CNc1ccc([N+](=O)[O-])cc1C(=O)Nc1cc(C(F)(F)F)ccc1OCCOC. The van der Waals surface area contributed by atoms with Gasteiger partial charge in [-0.1, -0.05) is 0 Å². The summed E-state index contributed by atoms with van der Waals surface area (Å²) in [6, 6.07) is 6.20. The van der Waals surface area contributed by atoms with E-state index in [-0.39, 0.29) is 41.6 Å². The van der Waals surface area contributed by atoms with Crippen LogP contribution >= 0.6 is 0 Å². The average Bonchev–Trinajstić information content (AvgIpc) is 2.67. The lowest BCUT2D eigenvalue weighted by molar-refractivity contribution is -0.384. The van der Waals surface area contributed by atoms with Crippen molar-refractivity contribution in [3.63, 3.8) is 0 Å². The van der Waals surface area contributed by atoms with Crippen LogP contribution in [0.3, 0.4) is 0 Å². The second kappa shape index (κ2) is 9.24. The van der Waals surface area contributed by atoms with E-state index in [1.54, 1.807) is 0 Å². The maximum absolute atomic E-state index is 13.1. The molecule has 2 aromatic rings. The summed E-state index contributed by atoms with van der Waals surface area (Å²) >= 11 is 0. The number of hydrogen-bond acceptors (Lipinski definition) is 6. The van der Waals surface area contributed by atoms with Gasteiger partial charge in [-0.3, -0.25) is 14.9 Å². The van der Waals surface area contributed by atoms with Gasteiger partial charge in [0.15, 0.2) is 0 Å². The molecule has 0 atom stereocenters. The van der Waals surface area contributed by atoms with Gasteiger partial charge in [0.1, 0.15) is 12.4 Å². The molecule has 0 aliphatic carbocycles. The minimum Gasteiger partial charge on any atom is -0.489 e. The lowest BCUT2D eigenvalue weighted by atomic mass is 10.1. The summed E-state index contributed by atoms with van der Waals surface area (Å²) in [7, 11) is 2.93. The predicted molar refractivity (Wildman–Crippen MR) is 99.4 cm³/mol. The molecule has 11 heteroatoms. The van der Waals surface area contributed by atoms with Gasteiger partial charge >= 0.3 is 6.18 Å². The number of rotatable bonds is 8. The van der Waals surface area contributed by atoms with Crippen LogP contribution in [0.25, 0.3) is 0 Å². The minimum absolute atomic E-state index is 0.000150. The largest absolute Gasteiger partial charge is 0.489 e. The summed E-state index contributed by atoms with van der Waals surface area (Å²) < 4.78 is 49.4. The van der Waals surface area contributed by atoms with Gasteiger partial charge in [0, 0.05) is 32.0 Å². The fraction of sp³-hybridized carbons (Fsp3) is 0.278. The molecule has 0 fully saturated rings. The Bertz CT molecular complexity index is 903. The number of anilines is 2. The van der Waals surface area contributed by atoms with Crippen molar-refractivity contribution in [2.45, 2.75) is 6.18 Å². The fourth-order valence-electron chi connectivity index (χ4n) is 2.41. The average molecular weight is 413 g/mol. The molecule has 2 aromatic carbocycles. The third kappa shape index (κ3) is 5.57. The lowest BCUT2D eigenvalue weighted by Crippen LogP contribution is -2.17. The molecule has 0 radical (unpaired) electrons. The number of hydrogen-bond donors (Lipinski definition) is 2. The number of alkyl halides is 3. The van der Waals surface area contributed by atoms with Crippen LogP contribution in [0.1, 0.15) is 15.9 Å². The first-order valence-electron chi connectivity index (χ1n) is 8.28. The third-order valence-corrected chi connectivity index (χ3v) is 3.83. The molecule has 0 saturated heterocycles. The number of amides is 1. The van der Waals surface area contributed by atoms with Crippen molar-refractivity contribution in [1.82, 2.24) is 0 Å². The summed E-state index contributed by atoms with van der Waals surface area (Å²) in [5.74, 6) is -0.839. The maximum atomic E-state index is 13.1. The Morgan fingerprint density at radius 1 is 1.14 bits per heavy atom. The van der Waals surface area contributed by atoms with Crippen molar-refractivity contribution in [2.75, 3.05) is 38.0 Å². The van der Waals surface area contributed by atoms with E-state index >= 15 is 0 Å². The van der Waals surface area contributed by atoms with Gasteiger partial charge in [0.2, 0.25) is 0 Å². The quantitative estimate of drug-likeness (QED) is 0.386. The van der Waals surface area contributed by atoms with E-state index < -0.39 is 22.6 Å². The smallest absolute Gasteiger partial charge is 0.416 e. The molecule has 0 bridgehead atoms. The predicted octanol–water partition coefficient (Wildman–Crippen LogP) is 3.93. The number of carbonyl (C=O) groups excluding carboxylic acids is 1. The van der Waals surface area contributed by atoms with Gasteiger partial charge in [0.25, 0.3) is 11.6 Å². The second-order valence-corrected chi connectivity index (χ2v) is 5.74. The van der Waals surface area contributed by atoms with Crippen molar-refractivity contribution >= 4 is 23.0 Å². The number of ether oxygens (including phenoxy) is 2. The van der Waals surface area contributed by atoms with E-state index in [0.29, 0.717) is 0 Å². The Balaban J connectivity index is 2.41. The zero-order valence-electron chi connectivity index (χ0n) is 15.5. The van der Waals surface area contributed by atoms with E-state index in [4.69, 9.17) is 9.47 Å². The number of nitrogens with zero attached hydrogens (tertiary/aromatic N) is 1. The molecular weight excluding hydrogens is 395 g/mol. The van der Waals surface area contributed by atoms with E-state index in [1.807, 2.05) is 0 Å². The Kier molecular flexibility index (Phi) is 6.99.